The first-order chi connectivity index (χ1) is 11.5. The van der Waals surface area contributed by atoms with Crippen molar-refractivity contribution in [3.8, 4) is 0 Å². The molecule has 0 bridgehead atoms. The first-order valence-electron chi connectivity index (χ1n) is 7.94. The molecule has 8 heteroatoms. The second-order valence-corrected chi connectivity index (χ2v) is 6.34. The van der Waals surface area contributed by atoms with Crippen LogP contribution in [-0.2, 0) is 16.0 Å². The summed E-state index contributed by atoms with van der Waals surface area (Å²) in [4.78, 5) is 18.1. The van der Waals surface area contributed by atoms with E-state index in [4.69, 9.17) is 16.3 Å². The molecule has 0 aliphatic carbocycles. The zero-order chi connectivity index (χ0) is 17.7. The van der Waals surface area contributed by atoms with Gasteiger partial charge in [0, 0.05) is 37.3 Å². The summed E-state index contributed by atoms with van der Waals surface area (Å²) in [6, 6.07) is 4.67. The lowest BCUT2D eigenvalue weighted by atomic mass is 9.99. The molecule has 2 rings (SSSR count). The number of aliphatic imine (C=N–C) groups is 1. The molecule has 1 N–H and O–H groups in total. The minimum Gasteiger partial charge on any atom is -0.469 e. The third-order valence-electron chi connectivity index (χ3n) is 4.35. The molecule has 0 amide bonds. The van der Waals surface area contributed by atoms with E-state index in [0.29, 0.717) is 36.1 Å². The molecule has 1 heterocycles. The molecule has 2 atom stereocenters. The lowest BCUT2D eigenvalue weighted by Gasteiger charge is -2.21. The van der Waals surface area contributed by atoms with Crippen LogP contribution in [0, 0.1) is 17.7 Å². The first kappa shape index (κ1) is 22.0. The van der Waals surface area contributed by atoms with Gasteiger partial charge < -0.3 is 15.0 Å². The van der Waals surface area contributed by atoms with Gasteiger partial charge in [0.25, 0.3) is 0 Å². The smallest absolute Gasteiger partial charge is 0.310 e. The van der Waals surface area contributed by atoms with E-state index in [2.05, 4.69) is 10.3 Å². The monoisotopic (exact) mass is 483 g/mol. The Morgan fingerprint density at radius 3 is 2.80 bits per heavy atom. The Kier molecular flexibility index (Phi) is 8.92. The number of carbonyl (C=O) groups is 1. The molecule has 2 unspecified atom stereocenters. The molecule has 0 spiro atoms. The average Bonchev–Trinajstić information content (AvgIpc) is 2.94. The molecule has 140 valence electrons. The van der Waals surface area contributed by atoms with Gasteiger partial charge >= 0.3 is 5.97 Å². The van der Waals surface area contributed by atoms with Crippen molar-refractivity contribution in [3.63, 3.8) is 0 Å². The van der Waals surface area contributed by atoms with E-state index in [-0.39, 0.29) is 47.6 Å². The number of likely N-dealkylation sites (tertiary alicyclic amines) is 1. The van der Waals surface area contributed by atoms with Crippen LogP contribution in [-0.4, -0.2) is 50.6 Å². The number of ether oxygens (including phenoxy) is 1. The zero-order valence-electron chi connectivity index (χ0n) is 14.6. The highest BCUT2D eigenvalue weighted by Gasteiger charge is 2.36. The van der Waals surface area contributed by atoms with Gasteiger partial charge in [0.2, 0.25) is 0 Å². The molecule has 1 aromatic rings. The number of hydrogen-bond donors (Lipinski definition) is 1. The number of nitrogens with zero attached hydrogens (tertiary/aromatic N) is 2. The molecule has 25 heavy (non-hydrogen) atoms. The summed E-state index contributed by atoms with van der Waals surface area (Å²) < 4.78 is 18.6. The second kappa shape index (κ2) is 10.2. The Balaban J connectivity index is 0.00000312. The van der Waals surface area contributed by atoms with E-state index in [1.54, 1.807) is 19.2 Å². The van der Waals surface area contributed by atoms with Gasteiger partial charge in [-0.3, -0.25) is 9.79 Å². The quantitative estimate of drug-likeness (QED) is 0.310. The van der Waals surface area contributed by atoms with Crippen molar-refractivity contribution in [2.75, 3.05) is 33.8 Å². The lowest BCUT2D eigenvalue weighted by molar-refractivity contribution is -0.145. The van der Waals surface area contributed by atoms with Crippen LogP contribution in [0.5, 0.6) is 0 Å². The highest BCUT2D eigenvalue weighted by molar-refractivity contribution is 14.0. The van der Waals surface area contributed by atoms with Crippen LogP contribution in [0.4, 0.5) is 4.39 Å². The van der Waals surface area contributed by atoms with Crippen molar-refractivity contribution < 1.29 is 13.9 Å². The van der Waals surface area contributed by atoms with Crippen molar-refractivity contribution in [2.45, 2.75) is 13.3 Å². The van der Waals surface area contributed by atoms with Crippen LogP contribution < -0.4 is 5.32 Å². The van der Waals surface area contributed by atoms with Gasteiger partial charge in [-0.1, -0.05) is 24.6 Å². The molecular formula is C17H24ClFIN3O2. The van der Waals surface area contributed by atoms with E-state index in [0.717, 1.165) is 6.54 Å². The topological polar surface area (TPSA) is 53.9 Å². The van der Waals surface area contributed by atoms with Crippen LogP contribution in [0.3, 0.4) is 0 Å². The molecule has 0 aromatic heterocycles. The fourth-order valence-corrected chi connectivity index (χ4v) is 3.26. The Bertz CT molecular complexity index is 610. The summed E-state index contributed by atoms with van der Waals surface area (Å²) in [5, 5.41) is 3.63. The number of rotatable bonds is 4. The molecule has 0 radical (unpaired) electrons. The maximum atomic E-state index is 13.8. The molecule has 5 nitrogen and oxygen atoms in total. The second-order valence-electron chi connectivity index (χ2n) is 5.94. The van der Waals surface area contributed by atoms with Gasteiger partial charge in [-0.2, -0.15) is 0 Å². The van der Waals surface area contributed by atoms with Crippen LogP contribution in [0.2, 0.25) is 5.02 Å². The van der Waals surface area contributed by atoms with Crippen molar-refractivity contribution in [1.82, 2.24) is 10.2 Å². The Labute approximate surface area is 170 Å². The molecule has 1 aromatic carbocycles. The van der Waals surface area contributed by atoms with Gasteiger partial charge in [-0.05, 0) is 24.5 Å². The number of guanidine groups is 1. The number of hydrogen-bond acceptors (Lipinski definition) is 3. The SMILES string of the molecule is CN=C(NCCc1c(F)cccc1Cl)N1CC(C)C(C(=O)OC)C1.I. The van der Waals surface area contributed by atoms with Crippen molar-refractivity contribution in [3.05, 3.63) is 34.6 Å². The van der Waals surface area contributed by atoms with E-state index < -0.39 is 0 Å². The highest BCUT2D eigenvalue weighted by atomic mass is 127. The average molecular weight is 484 g/mol. The maximum Gasteiger partial charge on any atom is 0.310 e. The zero-order valence-corrected chi connectivity index (χ0v) is 17.7. The number of halogens is 3. The summed E-state index contributed by atoms with van der Waals surface area (Å²) in [6.07, 6.45) is 0.453. The Hall–Kier alpha value is -1.09. The molecule has 0 saturated carbocycles. The summed E-state index contributed by atoms with van der Waals surface area (Å²) in [5.74, 6) is 0.228. The maximum absolute atomic E-state index is 13.8. The van der Waals surface area contributed by atoms with Crippen LogP contribution >= 0.6 is 35.6 Å². The van der Waals surface area contributed by atoms with Gasteiger partial charge in [0.05, 0.1) is 13.0 Å². The first-order valence-corrected chi connectivity index (χ1v) is 8.32. The summed E-state index contributed by atoms with van der Waals surface area (Å²) in [6.45, 7) is 3.81. The summed E-state index contributed by atoms with van der Waals surface area (Å²) >= 11 is 6.04. The number of methoxy groups -OCH3 is 1. The van der Waals surface area contributed by atoms with Gasteiger partial charge in [-0.25, -0.2) is 4.39 Å². The van der Waals surface area contributed by atoms with Crippen LogP contribution in [0.25, 0.3) is 0 Å². The van der Waals surface area contributed by atoms with Gasteiger partial charge in [0.15, 0.2) is 5.96 Å². The highest BCUT2D eigenvalue weighted by Crippen LogP contribution is 2.24. The van der Waals surface area contributed by atoms with Crippen LogP contribution in [0.15, 0.2) is 23.2 Å². The van der Waals surface area contributed by atoms with E-state index in [9.17, 15) is 9.18 Å². The van der Waals surface area contributed by atoms with Crippen molar-refractivity contribution in [2.24, 2.45) is 16.8 Å². The van der Waals surface area contributed by atoms with E-state index >= 15 is 0 Å². The Morgan fingerprint density at radius 1 is 1.48 bits per heavy atom. The minimum atomic E-state index is -0.306. The minimum absolute atomic E-state index is 0. The predicted octanol–water partition coefficient (Wildman–Crippen LogP) is 2.96. The Morgan fingerprint density at radius 2 is 2.20 bits per heavy atom. The van der Waals surface area contributed by atoms with E-state index in [1.165, 1.54) is 13.2 Å². The fourth-order valence-electron chi connectivity index (χ4n) is 3.00. The molecule has 1 aliphatic rings. The molecule has 1 fully saturated rings. The van der Waals surface area contributed by atoms with Crippen molar-refractivity contribution >= 4 is 47.5 Å². The molecule has 1 aliphatic heterocycles. The largest absolute Gasteiger partial charge is 0.469 e. The molecular weight excluding hydrogens is 460 g/mol. The van der Waals surface area contributed by atoms with E-state index in [1.807, 2.05) is 11.8 Å². The lowest BCUT2D eigenvalue weighted by Crippen LogP contribution is -2.41. The number of nitrogens with one attached hydrogen (secondary N) is 1. The van der Waals surface area contributed by atoms with Crippen LogP contribution in [0.1, 0.15) is 12.5 Å². The molecule has 1 saturated heterocycles. The van der Waals surface area contributed by atoms with Crippen molar-refractivity contribution in [1.29, 1.82) is 0 Å². The van der Waals surface area contributed by atoms with Gasteiger partial charge in [0.1, 0.15) is 5.82 Å². The normalized spacial score (nSPS) is 20.2. The third-order valence-corrected chi connectivity index (χ3v) is 4.70. The fraction of sp³-hybridized carbons (Fsp3) is 0.529. The predicted molar refractivity (Wildman–Crippen MR) is 108 cm³/mol. The third kappa shape index (κ3) is 5.44. The summed E-state index contributed by atoms with van der Waals surface area (Å²) in [7, 11) is 3.09. The standard InChI is InChI=1S/C17H23ClFN3O2.HI/c1-11-9-22(10-13(11)16(23)24-3)17(20-2)21-8-7-12-14(18)5-4-6-15(12)19;/h4-6,11,13H,7-10H2,1-3H3,(H,20,21);1H. The van der Waals surface area contributed by atoms with Gasteiger partial charge in [-0.15, -0.1) is 24.0 Å². The number of esters is 1. The number of carbonyl (C=O) groups excluding carboxylic acids is 1. The summed E-state index contributed by atoms with van der Waals surface area (Å²) in [5.41, 5.74) is 0.490. The number of benzene rings is 1.